The van der Waals surface area contributed by atoms with Gasteiger partial charge >= 0.3 is 11.9 Å². The number of hydrogen-bond acceptors (Lipinski definition) is 6. The number of hydrogen-bond donors (Lipinski definition) is 2. The van der Waals surface area contributed by atoms with E-state index in [0.717, 1.165) is 34.9 Å². The van der Waals surface area contributed by atoms with Gasteiger partial charge in [0.05, 0.1) is 17.8 Å². The van der Waals surface area contributed by atoms with Crippen LogP contribution >= 0.6 is 11.6 Å². The molecule has 3 atom stereocenters. The molecule has 5 rings (SSSR count). The normalized spacial score (nSPS) is 18.1. The van der Waals surface area contributed by atoms with E-state index >= 15 is 0 Å². The van der Waals surface area contributed by atoms with Gasteiger partial charge in [0, 0.05) is 16.6 Å². The zero-order valence-corrected chi connectivity index (χ0v) is 23.4. The predicted molar refractivity (Wildman–Crippen MR) is 148 cm³/mol. The van der Waals surface area contributed by atoms with Crippen molar-refractivity contribution in [2.24, 2.45) is 5.92 Å². The van der Waals surface area contributed by atoms with Crippen molar-refractivity contribution in [2.45, 2.75) is 64.0 Å². The number of aliphatic hydroxyl groups excluding tert-OH is 1. The van der Waals surface area contributed by atoms with Crippen molar-refractivity contribution in [2.75, 3.05) is 0 Å². The predicted octanol–water partition coefficient (Wildman–Crippen LogP) is 4.23. The minimum atomic E-state index is -4.94. The number of rotatable bonds is 8. The lowest BCUT2D eigenvalue weighted by molar-refractivity contribution is -0.207. The average Bonchev–Trinajstić information content (AvgIpc) is 3.53. The van der Waals surface area contributed by atoms with Crippen molar-refractivity contribution in [3.63, 3.8) is 0 Å². The highest BCUT2D eigenvalue weighted by atomic mass is 35.5. The molecule has 42 heavy (non-hydrogen) atoms. The van der Waals surface area contributed by atoms with E-state index in [2.05, 4.69) is 27.4 Å². The first-order valence-corrected chi connectivity index (χ1v) is 13.9. The standard InChI is InChI=1S/C28H29ClF3N7O3/c1-17-5-4-6-20(13-17)34-26(41)21-7-2-3-8-22(21)39-16-33-24(35-39)15-38-27(42)37(14-23(40)28(30,31)32)25(36-38)18-9-11-19(29)12-10-18/h2-3,7-12,16-17,20,23,40H,4-6,13-15H2,1H3,(H,34,41)/t17?,20?,23-/m0/s1. The summed E-state index contributed by atoms with van der Waals surface area (Å²) in [5.41, 5.74) is 0.321. The number of alkyl halides is 3. The van der Waals surface area contributed by atoms with Gasteiger partial charge in [0.25, 0.3) is 5.91 Å². The first kappa shape index (κ1) is 29.5. The van der Waals surface area contributed by atoms with E-state index in [1.54, 1.807) is 24.3 Å². The van der Waals surface area contributed by atoms with E-state index in [0.29, 0.717) is 27.8 Å². The molecule has 2 aromatic carbocycles. The average molecular weight is 604 g/mol. The Kier molecular flexibility index (Phi) is 8.50. The van der Waals surface area contributed by atoms with Crippen molar-refractivity contribution < 1.29 is 23.1 Å². The van der Waals surface area contributed by atoms with Gasteiger partial charge in [-0.15, -0.1) is 10.2 Å². The first-order valence-electron chi connectivity index (χ1n) is 13.5. The van der Waals surface area contributed by atoms with Gasteiger partial charge in [-0.25, -0.2) is 19.1 Å². The molecule has 2 heterocycles. The Morgan fingerprint density at radius 3 is 2.60 bits per heavy atom. The minimum absolute atomic E-state index is 0.0848. The van der Waals surface area contributed by atoms with Gasteiger partial charge in [-0.05, 0) is 55.2 Å². The van der Waals surface area contributed by atoms with Crippen LogP contribution in [0.1, 0.15) is 48.8 Å². The summed E-state index contributed by atoms with van der Waals surface area (Å²) in [4.78, 5) is 30.6. The quantitative estimate of drug-likeness (QED) is 0.311. The lowest BCUT2D eigenvalue weighted by atomic mass is 9.87. The molecule has 0 radical (unpaired) electrons. The molecule has 2 N–H and O–H groups in total. The number of benzene rings is 2. The molecule has 0 spiro atoms. The fourth-order valence-electron chi connectivity index (χ4n) is 5.11. The number of carbonyl (C=O) groups is 1. The maximum absolute atomic E-state index is 13.2. The van der Waals surface area contributed by atoms with E-state index in [9.17, 15) is 27.9 Å². The molecule has 222 valence electrons. The third-order valence-corrected chi connectivity index (χ3v) is 7.51. The van der Waals surface area contributed by atoms with Gasteiger partial charge in [-0.3, -0.25) is 9.36 Å². The second-order valence-corrected chi connectivity index (χ2v) is 10.9. The highest BCUT2D eigenvalue weighted by Crippen LogP contribution is 2.25. The highest BCUT2D eigenvalue weighted by molar-refractivity contribution is 6.30. The Hall–Kier alpha value is -3.97. The van der Waals surface area contributed by atoms with Crippen LogP contribution in [0.25, 0.3) is 17.1 Å². The molecule has 10 nitrogen and oxygen atoms in total. The van der Waals surface area contributed by atoms with Crippen LogP contribution in [-0.4, -0.2) is 58.4 Å². The first-order chi connectivity index (χ1) is 20.0. The molecule has 0 saturated heterocycles. The molecular formula is C28H29ClF3N7O3. The van der Waals surface area contributed by atoms with Crippen LogP contribution in [0.3, 0.4) is 0 Å². The highest BCUT2D eigenvalue weighted by Gasteiger charge is 2.39. The molecule has 2 aromatic heterocycles. The largest absolute Gasteiger partial charge is 0.416 e. The van der Waals surface area contributed by atoms with Crippen LogP contribution in [0, 0.1) is 5.92 Å². The third-order valence-electron chi connectivity index (χ3n) is 7.26. The second-order valence-electron chi connectivity index (χ2n) is 10.5. The lowest BCUT2D eigenvalue weighted by Crippen LogP contribution is -2.38. The van der Waals surface area contributed by atoms with Crippen LogP contribution in [0.5, 0.6) is 0 Å². The zero-order chi connectivity index (χ0) is 30.0. The number of carbonyl (C=O) groups excluding carboxylic acids is 1. The molecule has 2 unspecified atom stereocenters. The number of halogens is 4. The minimum Gasteiger partial charge on any atom is -0.382 e. The topological polar surface area (TPSA) is 120 Å². The number of nitrogens with one attached hydrogen (secondary N) is 1. The maximum Gasteiger partial charge on any atom is 0.416 e. The molecule has 4 aromatic rings. The summed E-state index contributed by atoms with van der Waals surface area (Å²) in [5, 5.41) is 21.8. The van der Waals surface area contributed by atoms with Crippen LogP contribution in [0.4, 0.5) is 13.2 Å². The summed E-state index contributed by atoms with van der Waals surface area (Å²) in [6, 6.07) is 13.0. The molecule has 1 saturated carbocycles. The molecule has 1 aliphatic carbocycles. The van der Waals surface area contributed by atoms with Crippen LogP contribution < -0.4 is 11.0 Å². The fourth-order valence-corrected chi connectivity index (χ4v) is 5.24. The Labute approximate surface area is 243 Å². The Morgan fingerprint density at radius 1 is 1.14 bits per heavy atom. The van der Waals surface area contributed by atoms with Gasteiger partial charge in [-0.1, -0.05) is 43.5 Å². The van der Waals surface area contributed by atoms with E-state index < -0.39 is 24.5 Å². The summed E-state index contributed by atoms with van der Waals surface area (Å²) in [7, 11) is 0. The number of aromatic nitrogens is 6. The Bertz CT molecular complexity index is 1610. The summed E-state index contributed by atoms with van der Waals surface area (Å²) < 4.78 is 42.5. The Balaban J connectivity index is 1.41. The van der Waals surface area contributed by atoms with Gasteiger partial charge < -0.3 is 10.4 Å². The van der Waals surface area contributed by atoms with Crippen molar-refractivity contribution >= 4 is 17.5 Å². The molecular weight excluding hydrogens is 575 g/mol. The third kappa shape index (κ3) is 6.57. The van der Waals surface area contributed by atoms with E-state index in [4.69, 9.17) is 11.6 Å². The zero-order valence-electron chi connectivity index (χ0n) is 22.6. The SMILES string of the molecule is CC1CCCC(NC(=O)c2ccccc2-n2cnc(Cn3nc(-c4ccc(Cl)cc4)n(C[C@H](O)C(F)(F)F)c3=O)n2)C1. The second kappa shape index (κ2) is 12.1. The summed E-state index contributed by atoms with van der Waals surface area (Å²) >= 11 is 5.94. The fraction of sp³-hybridized carbons (Fsp3) is 0.393. The number of aliphatic hydroxyl groups is 1. The van der Waals surface area contributed by atoms with Crippen LogP contribution in [-0.2, 0) is 13.1 Å². The van der Waals surface area contributed by atoms with Gasteiger partial charge in [0.2, 0.25) is 0 Å². The smallest absolute Gasteiger partial charge is 0.382 e. The maximum atomic E-state index is 13.2. The van der Waals surface area contributed by atoms with Crippen molar-refractivity contribution in [3.8, 4) is 17.1 Å². The molecule has 1 fully saturated rings. The molecule has 14 heteroatoms. The summed E-state index contributed by atoms with van der Waals surface area (Å²) in [6.45, 7) is 0.856. The van der Waals surface area contributed by atoms with Gasteiger partial charge in [0.1, 0.15) is 12.9 Å². The van der Waals surface area contributed by atoms with E-state index in [-0.39, 0.29) is 30.1 Å². The van der Waals surface area contributed by atoms with Crippen molar-refractivity contribution in [1.82, 2.24) is 34.4 Å². The molecule has 0 aliphatic heterocycles. The summed E-state index contributed by atoms with van der Waals surface area (Å²) in [6.07, 6.45) is -2.28. The number of nitrogens with zero attached hydrogens (tertiary/aromatic N) is 6. The van der Waals surface area contributed by atoms with E-state index in [1.807, 2.05) is 0 Å². The van der Waals surface area contributed by atoms with E-state index in [1.165, 1.54) is 35.3 Å². The van der Waals surface area contributed by atoms with Crippen LogP contribution in [0.15, 0.2) is 59.7 Å². The van der Waals surface area contributed by atoms with Crippen molar-refractivity contribution in [1.29, 1.82) is 0 Å². The number of para-hydroxylation sites is 1. The molecule has 1 amide bonds. The molecule has 1 aliphatic rings. The summed E-state index contributed by atoms with van der Waals surface area (Å²) in [5.74, 6) is 0.365. The lowest BCUT2D eigenvalue weighted by Gasteiger charge is -2.27. The van der Waals surface area contributed by atoms with Crippen LogP contribution in [0.2, 0.25) is 5.02 Å². The Morgan fingerprint density at radius 2 is 1.88 bits per heavy atom. The monoisotopic (exact) mass is 603 g/mol. The van der Waals surface area contributed by atoms with Crippen molar-refractivity contribution in [3.05, 3.63) is 81.8 Å². The number of amides is 1. The molecule has 0 bridgehead atoms. The van der Waals surface area contributed by atoms with Gasteiger partial charge in [0.15, 0.2) is 17.8 Å². The van der Waals surface area contributed by atoms with Gasteiger partial charge in [-0.2, -0.15) is 13.2 Å².